The van der Waals surface area contributed by atoms with Gasteiger partial charge < -0.3 is 5.11 Å². The molecule has 0 aliphatic heterocycles. The van der Waals surface area contributed by atoms with E-state index in [1.807, 2.05) is 0 Å². The van der Waals surface area contributed by atoms with E-state index >= 15 is 0 Å². The fourth-order valence-electron chi connectivity index (χ4n) is 1.57. The van der Waals surface area contributed by atoms with Gasteiger partial charge in [0.2, 0.25) is 10.0 Å². The molecule has 0 bridgehead atoms. The molecule has 0 heterocycles. The first kappa shape index (κ1) is 18.3. The van der Waals surface area contributed by atoms with Gasteiger partial charge in [-0.05, 0) is 40.5 Å². The van der Waals surface area contributed by atoms with E-state index in [1.54, 1.807) is 13.8 Å². The van der Waals surface area contributed by atoms with Crippen molar-refractivity contribution in [2.45, 2.75) is 18.7 Å². The lowest BCUT2D eigenvalue weighted by molar-refractivity contribution is 0.0696. The molecule has 0 amide bonds. The highest BCUT2D eigenvalue weighted by atomic mass is 79.9. The zero-order valence-corrected chi connectivity index (χ0v) is 14.8. The summed E-state index contributed by atoms with van der Waals surface area (Å²) < 4.78 is 38.4. The van der Waals surface area contributed by atoms with Gasteiger partial charge in [0, 0.05) is 33.3 Å². The van der Waals surface area contributed by atoms with Crippen LogP contribution in [0, 0.1) is 6.92 Å². The summed E-state index contributed by atoms with van der Waals surface area (Å²) in [5, 5.41) is 9.00. The van der Waals surface area contributed by atoms with E-state index < -0.39 is 26.8 Å². The van der Waals surface area contributed by atoms with Crippen LogP contribution in [0.15, 0.2) is 21.5 Å². The van der Waals surface area contributed by atoms with Crippen LogP contribution in [0.25, 0.3) is 0 Å². The van der Waals surface area contributed by atoms with Crippen molar-refractivity contribution in [2.24, 2.45) is 0 Å². The number of halogens is 1. The van der Waals surface area contributed by atoms with Crippen molar-refractivity contribution in [1.82, 2.24) is 4.72 Å². The Morgan fingerprint density at radius 2 is 2.05 bits per heavy atom. The quantitative estimate of drug-likeness (QED) is 0.725. The minimum Gasteiger partial charge on any atom is -0.478 e. The number of carboxylic acids is 1. The molecule has 0 aromatic heterocycles. The van der Waals surface area contributed by atoms with Gasteiger partial charge in [0.25, 0.3) is 0 Å². The molecule has 0 radical (unpaired) electrons. The predicted octanol–water partition coefficient (Wildman–Crippen LogP) is 1.50. The van der Waals surface area contributed by atoms with Crippen molar-refractivity contribution < 1.29 is 22.5 Å². The lowest BCUT2D eigenvalue weighted by atomic mass is 10.1. The molecule has 0 fully saturated rings. The third kappa shape index (κ3) is 4.87. The summed E-state index contributed by atoms with van der Waals surface area (Å²) in [6.07, 6.45) is 0. The monoisotopic (exact) mass is 397 g/mol. The maximum absolute atomic E-state index is 12.2. The normalized spacial score (nSPS) is 13.1. The largest absolute Gasteiger partial charge is 0.478 e. The minimum atomic E-state index is -3.87. The minimum absolute atomic E-state index is 0.0333. The third-order valence-corrected chi connectivity index (χ3v) is 6.81. The molecule has 1 aromatic carbocycles. The number of nitrogens with one attached hydrogen (secondary N) is 1. The fourth-order valence-corrected chi connectivity index (χ4v) is 4.39. The number of aromatic carboxylic acids is 1. The lowest BCUT2D eigenvalue weighted by Crippen LogP contribution is -2.28. The summed E-state index contributed by atoms with van der Waals surface area (Å²) in [4.78, 5) is 10.9. The van der Waals surface area contributed by atoms with Crippen LogP contribution in [0.3, 0.4) is 0 Å². The number of hydrogen-bond acceptors (Lipinski definition) is 4. The highest BCUT2D eigenvalue weighted by Crippen LogP contribution is 2.27. The van der Waals surface area contributed by atoms with E-state index in [0.29, 0.717) is 15.8 Å². The molecule has 1 atom stereocenters. The van der Waals surface area contributed by atoms with Crippen molar-refractivity contribution in [2.75, 3.05) is 18.1 Å². The Hall–Kier alpha value is -0.770. The maximum atomic E-state index is 12.2. The van der Waals surface area contributed by atoms with E-state index in [-0.39, 0.29) is 22.8 Å². The first-order chi connectivity index (χ1) is 9.69. The van der Waals surface area contributed by atoms with Gasteiger partial charge in [0.05, 0.1) is 10.5 Å². The van der Waals surface area contributed by atoms with Crippen molar-refractivity contribution >= 4 is 42.7 Å². The van der Waals surface area contributed by atoms with Crippen LogP contribution >= 0.6 is 15.9 Å². The van der Waals surface area contributed by atoms with Crippen LogP contribution < -0.4 is 4.72 Å². The predicted molar refractivity (Wildman–Crippen MR) is 84.6 cm³/mol. The molecule has 118 valence electrons. The van der Waals surface area contributed by atoms with E-state index in [2.05, 4.69) is 20.7 Å². The second-order valence-electron chi connectivity index (χ2n) is 4.24. The third-order valence-electron chi connectivity index (χ3n) is 2.70. The Labute approximate surface area is 134 Å². The van der Waals surface area contributed by atoms with Gasteiger partial charge in [-0.15, -0.1) is 0 Å². The first-order valence-corrected chi connectivity index (χ1v) is 9.83. The Kier molecular flexibility index (Phi) is 6.51. The number of sulfonamides is 1. The molecule has 0 saturated heterocycles. The SMILES string of the molecule is CCS(=O)CCNS(=O)(=O)c1cc(C(=O)O)cc(C)c1Br. The van der Waals surface area contributed by atoms with Gasteiger partial charge in [-0.3, -0.25) is 4.21 Å². The molecule has 0 saturated carbocycles. The molecule has 9 heteroatoms. The Morgan fingerprint density at radius 3 is 2.57 bits per heavy atom. The smallest absolute Gasteiger partial charge is 0.335 e. The summed E-state index contributed by atoms with van der Waals surface area (Å²) in [5.41, 5.74) is 0.403. The molecular formula is C12H16BrNO5S2. The maximum Gasteiger partial charge on any atom is 0.335 e. The van der Waals surface area contributed by atoms with Crippen molar-refractivity contribution in [3.8, 4) is 0 Å². The highest BCUT2D eigenvalue weighted by Gasteiger charge is 2.21. The number of carbonyl (C=O) groups is 1. The van der Waals surface area contributed by atoms with Gasteiger partial charge in [-0.25, -0.2) is 17.9 Å². The number of rotatable bonds is 7. The van der Waals surface area contributed by atoms with Gasteiger partial charge in [-0.2, -0.15) is 0 Å². The summed E-state index contributed by atoms with van der Waals surface area (Å²) in [5.74, 6) is -0.529. The molecular weight excluding hydrogens is 382 g/mol. The standard InChI is InChI=1S/C12H16BrNO5S2/c1-3-20(17)5-4-14-21(18,19)10-7-9(12(15)16)6-8(2)11(10)13/h6-7,14H,3-5H2,1-2H3,(H,15,16). The molecule has 0 spiro atoms. The molecule has 1 rings (SSSR count). The Morgan fingerprint density at radius 1 is 1.43 bits per heavy atom. The van der Waals surface area contributed by atoms with E-state index in [9.17, 15) is 17.4 Å². The van der Waals surface area contributed by atoms with E-state index in [4.69, 9.17) is 5.11 Å². The van der Waals surface area contributed by atoms with Gasteiger partial charge in [0.1, 0.15) is 0 Å². The number of aryl methyl sites for hydroxylation is 1. The number of carboxylic acid groups (broad SMARTS) is 1. The molecule has 1 unspecified atom stereocenters. The van der Waals surface area contributed by atoms with Crippen LogP contribution in [-0.4, -0.2) is 41.8 Å². The van der Waals surface area contributed by atoms with E-state index in [1.165, 1.54) is 6.07 Å². The summed E-state index contributed by atoms with van der Waals surface area (Å²) in [6.45, 7) is 3.40. The second-order valence-corrected chi connectivity index (χ2v) is 8.63. The van der Waals surface area contributed by atoms with Gasteiger partial charge >= 0.3 is 5.97 Å². The highest BCUT2D eigenvalue weighted by molar-refractivity contribution is 9.10. The second kappa shape index (κ2) is 7.48. The van der Waals surface area contributed by atoms with Crippen molar-refractivity contribution in [3.05, 3.63) is 27.7 Å². The number of benzene rings is 1. The van der Waals surface area contributed by atoms with Crippen molar-refractivity contribution in [3.63, 3.8) is 0 Å². The summed E-state index contributed by atoms with van der Waals surface area (Å²) >= 11 is 3.16. The zero-order chi connectivity index (χ0) is 16.2. The molecule has 1 aromatic rings. The van der Waals surface area contributed by atoms with Gasteiger partial charge in [-0.1, -0.05) is 6.92 Å². The summed E-state index contributed by atoms with van der Waals surface area (Å²) in [7, 11) is -4.94. The Balaban J connectivity index is 3.07. The van der Waals surface area contributed by atoms with Gasteiger partial charge in [0.15, 0.2) is 0 Å². The first-order valence-electron chi connectivity index (χ1n) is 6.07. The van der Waals surface area contributed by atoms with Crippen LogP contribution in [0.4, 0.5) is 0 Å². The molecule has 0 aliphatic rings. The molecule has 21 heavy (non-hydrogen) atoms. The fraction of sp³-hybridized carbons (Fsp3) is 0.417. The van der Waals surface area contributed by atoms with Crippen molar-refractivity contribution in [1.29, 1.82) is 0 Å². The topological polar surface area (TPSA) is 101 Å². The molecule has 0 aliphatic carbocycles. The zero-order valence-electron chi connectivity index (χ0n) is 11.6. The average Bonchev–Trinajstić information content (AvgIpc) is 2.40. The van der Waals surface area contributed by atoms with Crippen LogP contribution in [0.1, 0.15) is 22.8 Å². The average molecular weight is 398 g/mol. The summed E-state index contributed by atoms with van der Waals surface area (Å²) in [6, 6.07) is 2.48. The Bertz CT molecular complexity index is 672. The molecule has 6 nitrogen and oxygen atoms in total. The van der Waals surface area contributed by atoms with E-state index in [0.717, 1.165) is 6.07 Å². The van der Waals surface area contributed by atoms with Crippen LogP contribution in [0.5, 0.6) is 0 Å². The van der Waals surface area contributed by atoms with Crippen LogP contribution in [-0.2, 0) is 20.8 Å². The lowest BCUT2D eigenvalue weighted by Gasteiger charge is -2.11. The van der Waals surface area contributed by atoms with Crippen LogP contribution in [0.2, 0.25) is 0 Å². The number of hydrogen-bond donors (Lipinski definition) is 2. The molecule has 2 N–H and O–H groups in total.